The van der Waals surface area contributed by atoms with Crippen LogP contribution in [0.3, 0.4) is 0 Å². The number of hydrogen-bond donors (Lipinski definition) is 2. The van der Waals surface area contributed by atoms with E-state index in [0.29, 0.717) is 18.6 Å². The van der Waals surface area contributed by atoms with E-state index >= 15 is 0 Å². The zero-order chi connectivity index (χ0) is 25.2. The van der Waals surface area contributed by atoms with Crippen LogP contribution in [0.25, 0.3) is 11.1 Å². The van der Waals surface area contributed by atoms with Gasteiger partial charge in [0.2, 0.25) is 5.91 Å². The smallest absolute Gasteiger partial charge is 0.408 e. The second kappa shape index (κ2) is 10.3. The second-order valence-corrected chi connectivity index (χ2v) is 10.5. The van der Waals surface area contributed by atoms with Crippen molar-refractivity contribution in [3.63, 3.8) is 0 Å². The number of hydrogen-bond acceptors (Lipinski definition) is 5. The minimum atomic E-state index is -1.27. The highest BCUT2D eigenvalue weighted by Gasteiger charge is 2.47. The van der Waals surface area contributed by atoms with Crippen molar-refractivity contribution in [2.75, 3.05) is 12.4 Å². The molecule has 0 bridgehead atoms. The van der Waals surface area contributed by atoms with Gasteiger partial charge in [-0.1, -0.05) is 68.8 Å². The summed E-state index contributed by atoms with van der Waals surface area (Å²) in [6.45, 7) is 5.59. The van der Waals surface area contributed by atoms with Crippen LogP contribution < -0.4 is 5.32 Å². The molecule has 1 aliphatic heterocycles. The van der Waals surface area contributed by atoms with Crippen molar-refractivity contribution >= 4 is 29.7 Å². The maximum Gasteiger partial charge on any atom is 0.408 e. The molecule has 0 saturated carbocycles. The first-order valence-electron chi connectivity index (χ1n) is 12.1. The molecule has 1 saturated heterocycles. The number of alkyl carbamates (subject to hydrolysis) is 1. The van der Waals surface area contributed by atoms with E-state index < -0.39 is 23.6 Å². The summed E-state index contributed by atoms with van der Waals surface area (Å²) in [6.07, 6.45) is 1.15. The molecule has 1 aliphatic carbocycles. The van der Waals surface area contributed by atoms with Crippen molar-refractivity contribution in [3.05, 3.63) is 59.7 Å². The first-order valence-corrected chi connectivity index (χ1v) is 13.2. The van der Waals surface area contributed by atoms with Crippen LogP contribution >= 0.6 is 11.8 Å². The van der Waals surface area contributed by atoms with Crippen LogP contribution in [0.1, 0.15) is 57.1 Å². The molecule has 3 atom stereocenters. The van der Waals surface area contributed by atoms with Crippen molar-refractivity contribution in [1.29, 1.82) is 0 Å². The Morgan fingerprint density at radius 1 is 1.09 bits per heavy atom. The van der Waals surface area contributed by atoms with Crippen LogP contribution in [0.15, 0.2) is 48.5 Å². The van der Waals surface area contributed by atoms with E-state index in [9.17, 15) is 19.5 Å². The third-order valence-electron chi connectivity index (χ3n) is 7.05. The average Bonchev–Trinajstić information content (AvgIpc) is 3.42. The molecule has 0 aromatic heterocycles. The average molecular weight is 497 g/mol. The normalized spacial score (nSPS) is 20.6. The molecule has 4 rings (SSSR count). The minimum absolute atomic E-state index is 0.0861. The van der Waals surface area contributed by atoms with Crippen molar-refractivity contribution in [1.82, 2.24) is 10.2 Å². The van der Waals surface area contributed by atoms with E-state index in [4.69, 9.17) is 4.74 Å². The number of amides is 2. The van der Waals surface area contributed by atoms with Crippen LogP contribution in [0.4, 0.5) is 4.79 Å². The third kappa shape index (κ3) is 4.76. The van der Waals surface area contributed by atoms with Crippen LogP contribution in [0.5, 0.6) is 0 Å². The monoisotopic (exact) mass is 496 g/mol. The molecular formula is C27H32N2O5S. The number of aliphatic carboxylic acids is 1. The maximum absolute atomic E-state index is 13.6. The number of benzene rings is 2. The number of nitrogens with one attached hydrogen (secondary N) is 1. The lowest BCUT2D eigenvalue weighted by Crippen LogP contribution is -2.61. The molecule has 0 spiro atoms. The Bertz CT molecular complexity index is 1080. The number of fused-ring (bicyclic) bond motifs is 3. The highest BCUT2D eigenvalue weighted by Crippen LogP contribution is 2.44. The van der Waals surface area contributed by atoms with Gasteiger partial charge in [-0.25, -0.2) is 9.59 Å². The lowest BCUT2D eigenvalue weighted by molar-refractivity contribution is -0.152. The summed E-state index contributed by atoms with van der Waals surface area (Å²) in [5.41, 5.74) is 3.22. The maximum atomic E-state index is 13.6. The van der Waals surface area contributed by atoms with Gasteiger partial charge in [0, 0.05) is 11.7 Å². The van der Waals surface area contributed by atoms with Crippen molar-refractivity contribution in [3.8, 4) is 11.1 Å². The predicted molar refractivity (Wildman–Crippen MR) is 136 cm³/mol. The Morgan fingerprint density at radius 2 is 1.69 bits per heavy atom. The molecule has 2 amide bonds. The van der Waals surface area contributed by atoms with Gasteiger partial charge < -0.3 is 20.1 Å². The number of thioether (sulfide) groups is 1. The highest BCUT2D eigenvalue weighted by atomic mass is 32.2. The lowest BCUT2D eigenvalue weighted by Gasteiger charge is -2.36. The summed E-state index contributed by atoms with van der Waals surface area (Å²) in [6, 6.07) is 15.3. The quantitative estimate of drug-likeness (QED) is 0.543. The zero-order valence-corrected chi connectivity index (χ0v) is 21.1. The van der Waals surface area contributed by atoms with Crippen LogP contribution in [-0.4, -0.2) is 57.3 Å². The van der Waals surface area contributed by atoms with Gasteiger partial charge in [-0.3, -0.25) is 4.79 Å². The Hall–Kier alpha value is -3.00. The topological polar surface area (TPSA) is 95.9 Å². The van der Waals surface area contributed by atoms with Gasteiger partial charge in [-0.15, -0.1) is 11.8 Å². The van der Waals surface area contributed by atoms with Crippen LogP contribution in [0.2, 0.25) is 0 Å². The fourth-order valence-electron chi connectivity index (χ4n) is 4.93. The molecule has 2 aromatic rings. The van der Waals surface area contributed by atoms with E-state index in [1.807, 2.05) is 43.3 Å². The van der Waals surface area contributed by atoms with Gasteiger partial charge in [-0.05, 0) is 42.0 Å². The Kier molecular flexibility index (Phi) is 7.40. The van der Waals surface area contributed by atoms with Crippen molar-refractivity contribution < 1.29 is 24.2 Å². The number of ether oxygens (including phenoxy) is 1. The number of carbonyl (C=O) groups is 3. The number of rotatable bonds is 8. The van der Waals surface area contributed by atoms with E-state index in [-0.39, 0.29) is 23.8 Å². The molecule has 2 N–H and O–H groups in total. The molecule has 2 aliphatic rings. The zero-order valence-electron chi connectivity index (χ0n) is 20.3. The van der Waals surface area contributed by atoms with Gasteiger partial charge in [-0.2, -0.15) is 0 Å². The minimum Gasteiger partial charge on any atom is -0.480 e. The predicted octanol–water partition coefficient (Wildman–Crippen LogP) is 4.85. The fourth-order valence-corrected chi connectivity index (χ4v) is 6.45. The highest BCUT2D eigenvalue weighted by molar-refractivity contribution is 8.00. The first kappa shape index (κ1) is 25.1. The molecule has 2 aromatic carbocycles. The number of nitrogens with zero attached hydrogens (tertiary/aromatic N) is 1. The van der Waals surface area contributed by atoms with Gasteiger partial charge in [0.05, 0.1) is 5.37 Å². The molecule has 0 radical (unpaired) electrons. The fraction of sp³-hybridized carbons (Fsp3) is 0.444. The third-order valence-corrected chi connectivity index (χ3v) is 8.40. The first-order chi connectivity index (χ1) is 16.8. The van der Waals surface area contributed by atoms with E-state index in [0.717, 1.165) is 28.7 Å². The van der Waals surface area contributed by atoms with Gasteiger partial charge in [0.15, 0.2) is 0 Å². The van der Waals surface area contributed by atoms with E-state index in [2.05, 4.69) is 17.4 Å². The summed E-state index contributed by atoms with van der Waals surface area (Å²) >= 11 is 1.48. The molecular weight excluding hydrogens is 464 g/mol. The lowest BCUT2D eigenvalue weighted by atomic mass is 9.95. The summed E-state index contributed by atoms with van der Waals surface area (Å²) in [4.78, 5) is 39.8. The second-order valence-electron chi connectivity index (χ2n) is 9.28. The summed E-state index contributed by atoms with van der Waals surface area (Å²) < 4.78 is 5.66. The Labute approximate surface area is 210 Å². The summed E-state index contributed by atoms with van der Waals surface area (Å²) in [5.74, 6) is -1.15. The largest absolute Gasteiger partial charge is 0.480 e. The number of carboxylic acids is 1. The number of carboxylic acid groups (broad SMARTS) is 1. The SMILES string of the molecule is CCCC1SCC(C(=O)O)N1C(=O)C(C)(CC)NC(=O)OCC1c2ccccc2-c2ccccc21. The van der Waals surface area contributed by atoms with Gasteiger partial charge in [0.1, 0.15) is 18.2 Å². The molecule has 186 valence electrons. The molecule has 1 heterocycles. The summed E-state index contributed by atoms with van der Waals surface area (Å²) in [5, 5.41) is 12.2. The van der Waals surface area contributed by atoms with Crippen molar-refractivity contribution in [2.45, 2.75) is 62.9 Å². The van der Waals surface area contributed by atoms with E-state index in [1.165, 1.54) is 16.7 Å². The number of carbonyl (C=O) groups excluding carboxylic acids is 2. The van der Waals surface area contributed by atoms with Crippen LogP contribution in [-0.2, 0) is 14.3 Å². The standard InChI is InChI=1S/C27H32N2O5S/c1-4-10-23-29(22(16-35-23)24(30)31)25(32)27(3,5-2)28-26(33)34-15-21-19-13-8-6-11-17(19)18-12-7-9-14-20(18)21/h6-9,11-14,21-23H,4-5,10,15-16H2,1-3H3,(H,28,33)(H,30,31). The Balaban J connectivity index is 1.48. The molecule has 8 heteroatoms. The molecule has 1 fully saturated rings. The van der Waals surface area contributed by atoms with Crippen molar-refractivity contribution in [2.24, 2.45) is 0 Å². The Morgan fingerprint density at radius 3 is 2.23 bits per heavy atom. The molecule has 7 nitrogen and oxygen atoms in total. The molecule has 3 unspecified atom stereocenters. The van der Waals surface area contributed by atoms with Gasteiger partial charge in [0.25, 0.3) is 0 Å². The van der Waals surface area contributed by atoms with Crippen LogP contribution in [0, 0.1) is 0 Å². The molecule has 35 heavy (non-hydrogen) atoms. The summed E-state index contributed by atoms with van der Waals surface area (Å²) in [7, 11) is 0. The van der Waals surface area contributed by atoms with Gasteiger partial charge >= 0.3 is 12.1 Å². The van der Waals surface area contributed by atoms with E-state index in [1.54, 1.807) is 13.8 Å².